The van der Waals surface area contributed by atoms with Crippen LogP contribution in [-0.2, 0) is 0 Å². The minimum Gasteiger partial charge on any atom is -0.343 e. The van der Waals surface area contributed by atoms with Crippen LogP contribution in [0.2, 0.25) is 0 Å². The SMILES string of the molecule is CN(c1ccc2ccc3c(N(c4ccccc4)c4cccc5c4sc4c(-c6ccccc6)cccc45)ccc4ccc1c2c43)c1cccc2c1sc1c(-c3ccccc3)cccc12. The highest BCUT2D eigenvalue weighted by Gasteiger charge is 2.24. The molecule has 11 aromatic carbocycles. The van der Waals surface area contributed by atoms with Gasteiger partial charge < -0.3 is 9.80 Å². The molecule has 2 heterocycles. The number of thiophene rings is 2. The highest BCUT2D eigenvalue weighted by molar-refractivity contribution is 7.27. The van der Waals surface area contributed by atoms with Gasteiger partial charge >= 0.3 is 0 Å². The van der Waals surface area contributed by atoms with E-state index in [1.807, 2.05) is 22.7 Å². The van der Waals surface area contributed by atoms with Gasteiger partial charge in [-0.15, -0.1) is 22.7 Å². The molecular weight excluding hydrogens is 801 g/mol. The van der Waals surface area contributed by atoms with Crippen molar-refractivity contribution in [3.05, 3.63) is 212 Å². The zero-order valence-corrected chi connectivity index (χ0v) is 36.1. The van der Waals surface area contributed by atoms with Crippen molar-refractivity contribution in [1.29, 1.82) is 0 Å². The summed E-state index contributed by atoms with van der Waals surface area (Å²) in [6.45, 7) is 0. The summed E-state index contributed by atoms with van der Waals surface area (Å²) >= 11 is 3.80. The maximum Gasteiger partial charge on any atom is 0.0640 e. The standard InChI is InChI=1S/C59H38N2S2/c1-60(52-27-13-25-46-44-23-11-21-42(56(44)62-58(46)52)37-15-5-2-6-16-37)50-35-31-39-30-34-49-51(36-32-40-29-33-48(50)54(39)55(40)49)61(41-19-9-4-10-20-41)53-28-14-26-47-45-24-12-22-43(57(45)63-59(47)53)38-17-7-3-8-18-38/h2-36H,1H3. The van der Waals surface area contributed by atoms with E-state index in [9.17, 15) is 0 Å². The predicted octanol–water partition coefficient (Wildman–Crippen LogP) is 17.9. The number of hydrogen-bond donors (Lipinski definition) is 0. The lowest BCUT2D eigenvalue weighted by molar-refractivity contribution is 1.24. The first-order valence-electron chi connectivity index (χ1n) is 21.5. The van der Waals surface area contributed by atoms with Crippen LogP contribution < -0.4 is 9.80 Å². The second kappa shape index (κ2) is 14.3. The average molecular weight is 839 g/mol. The zero-order valence-electron chi connectivity index (χ0n) is 34.4. The van der Waals surface area contributed by atoms with E-state index < -0.39 is 0 Å². The van der Waals surface area contributed by atoms with Crippen LogP contribution in [0.15, 0.2) is 212 Å². The highest BCUT2D eigenvalue weighted by Crippen LogP contribution is 2.51. The molecule has 0 aliphatic heterocycles. The molecule has 0 aliphatic rings. The van der Waals surface area contributed by atoms with Gasteiger partial charge in [0.1, 0.15) is 0 Å². The largest absolute Gasteiger partial charge is 0.343 e. The Morgan fingerprint density at radius 1 is 0.302 bits per heavy atom. The van der Waals surface area contributed by atoms with Crippen molar-refractivity contribution < 1.29 is 0 Å². The van der Waals surface area contributed by atoms with Crippen molar-refractivity contribution in [2.75, 3.05) is 16.8 Å². The van der Waals surface area contributed by atoms with Gasteiger partial charge in [-0.2, -0.15) is 0 Å². The van der Waals surface area contributed by atoms with Crippen LogP contribution in [0.25, 0.3) is 94.9 Å². The Labute approximate surface area is 373 Å². The third-order valence-electron chi connectivity index (χ3n) is 13.0. The Balaban J connectivity index is 1.00. The van der Waals surface area contributed by atoms with E-state index >= 15 is 0 Å². The van der Waals surface area contributed by atoms with E-state index in [0.717, 1.165) is 5.69 Å². The van der Waals surface area contributed by atoms with Gasteiger partial charge in [0.15, 0.2) is 0 Å². The van der Waals surface area contributed by atoms with Gasteiger partial charge in [-0.05, 0) is 80.2 Å². The van der Waals surface area contributed by atoms with Gasteiger partial charge in [-0.3, -0.25) is 0 Å². The fraction of sp³-hybridized carbons (Fsp3) is 0.0169. The number of hydrogen-bond acceptors (Lipinski definition) is 4. The Kier molecular flexibility index (Phi) is 8.20. The first-order chi connectivity index (χ1) is 31.2. The van der Waals surface area contributed by atoms with E-state index in [1.165, 1.54) is 118 Å². The molecule has 2 nitrogen and oxygen atoms in total. The molecule has 0 atom stereocenters. The molecule has 63 heavy (non-hydrogen) atoms. The lowest BCUT2D eigenvalue weighted by Crippen LogP contribution is -2.11. The van der Waals surface area contributed by atoms with Crippen LogP contribution in [0.4, 0.5) is 28.4 Å². The van der Waals surface area contributed by atoms with Gasteiger partial charge in [0.05, 0.1) is 26.5 Å². The minimum atomic E-state index is 1.13. The quantitative estimate of drug-likeness (QED) is 0.148. The van der Waals surface area contributed by atoms with Crippen LogP contribution in [0.5, 0.6) is 0 Å². The molecule has 0 radical (unpaired) electrons. The molecule has 0 saturated carbocycles. The minimum absolute atomic E-state index is 1.13. The third kappa shape index (κ3) is 5.55. The average Bonchev–Trinajstić information content (AvgIpc) is 3.94. The number of rotatable bonds is 7. The summed E-state index contributed by atoms with van der Waals surface area (Å²) in [5.74, 6) is 0. The molecule has 0 unspecified atom stereocenters. The summed E-state index contributed by atoms with van der Waals surface area (Å²) < 4.78 is 5.22. The summed E-state index contributed by atoms with van der Waals surface area (Å²) in [6.07, 6.45) is 0. The van der Waals surface area contributed by atoms with Crippen molar-refractivity contribution in [3.8, 4) is 22.3 Å². The number of benzene rings is 11. The normalized spacial score (nSPS) is 11.9. The van der Waals surface area contributed by atoms with Crippen LogP contribution in [0.1, 0.15) is 0 Å². The number of anilines is 5. The topological polar surface area (TPSA) is 6.48 Å². The van der Waals surface area contributed by atoms with Gasteiger partial charge in [0.2, 0.25) is 0 Å². The van der Waals surface area contributed by atoms with Crippen molar-refractivity contribution in [2.45, 2.75) is 0 Å². The molecule has 13 aromatic rings. The molecule has 0 saturated heterocycles. The lowest BCUT2D eigenvalue weighted by atomic mass is 9.92. The van der Waals surface area contributed by atoms with Crippen LogP contribution in [0, 0.1) is 0 Å². The lowest BCUT2D eigenvalue weighted by Gasteiger charge is -2.28. The van der Waals surface area contributed by atoms with E-state index in [0.29, 0.717) is 0 Å². The predicted molar refractivity (Wildman–Crippen MR) is 276 cm³/mol. The van der Waals surface area contributed by atoms with E-state index in [4.69, 9.17) is 0 Å². The number of para-hydroxylation sites is 1. The van der Waals surface area contributed by atoms with Crippen molar-refractivity contribution in [1.82, 2.24) is 0 Å². The van der Waals surface area contributed by atoms with Gasteiger partial charge in [-0.1, -0.05) is 176 Å². The summed E-state index contributed by atoms with van der Waals surface area (Å²) in [5.41, 5.74) is 10.9. The highest BCUT2D eigenvalue weighted by atomic mass is 32.1. The maximum absolute atomic E-state index is 2.49. The number of nitrogens with zero attached hydrogens (tertiary/aromatic N) is 2. The van der Waals surface area contributed by atoms with Gasteiger partial charge in [-0.25, -0.2) is 0 Å². The smallest absolute Gasteiger partial charge is 0.0640 e. The molecular formula is C59H38N2S2. The Hall–Kier alpha value is -7.50. The summed E-state index contributed by atoms with van der Waals surface area (Å²) in [7, 11) is 2.24. The second-order valence-corrected chi connectivity index (χ2v) is 18.5. The summed E-state index contributed by atoms with van der Waals surface area (Å²) in [5, 5.41) is 12.7. The molecule has 4 heteroatoms. The summed E-state index contributed by atoms with van der Waals surface area (Å²) in [6, 6.07) is 78.2. The molecule has 0 spiro atoms. The van der Waals surface area contributed by atoms with E-state index in [-0.39, 0.29) is 0 Å². The third-order valence-corrected chi connectivity index (χ3v) is 15.6. The molecule has 0 aliphatic carbocycles. The maximum atomic E-state index is 2.49. The van der Waals surface area contributed by atoms with Crippen LogP contribution in [-0.4, -0.2) is 7.05 Å². The van der Waals surface area contributed by atoms with Crippen LogP contribution >= 0.6 is 22.7 Å². The van der Waals surface area contributed by atoms with Crippen molar-refractivity contribution >= 4 is 124 Å². The van der Waals surface area contributed by atoms with E-state index in [1.54, 1.807) is 0 Å². The van der Waals surface area contributed by atoms with E-state index in [2.05, 4.69) is 229 Å². The van der Waals surface area contributed by atoms with Gasteiger partial charge in [0, 0.05) is 60.1 Å². The molecule has 296 valence electrons. The second-order valence-electron chi connectivity index (χ2n) is 16.4. The van der Waals surface area contributed by atoms with Crippen LogP contribution in [0.3, 0.4) is 0 Å². The first kappa shape index (κ1) is 36.2. The first-order valence-corrected chi connectivity index (χ1v) is 23.1. The Morgan fingerprint density at radius 2 is 0.730 bits per heavy atom. The fourth-order valence-electron chi connectivity index (χ4n) is 10.1. The Bertz CT molecular complexity index is 3870. The molecule has 13 rings (SSSR count). The molecule has 2 aromatic heterocycles. The van der Waals surface area contributed by atoms with Crippen molar-refractivity contribution in [2.24, 2.45) is 0 Å². The summed E-state index contributed by atoms with van der Waals surface area (Å²) in [4.78, 5) is 4.90. The monoisotopic (exact) mass is 838 g/mol. The zero-order chi connectivity index (χ0) is 41.6. The molecule has 0 amide bonds. The Morgan fingerprint density at radius 3 is 1.29 bits per heavy atom. The molecule has 0 N–H and O–H groups in total. The molecule has 0 fully saturated rings. The number of fused-ring (bicyclic) bond motifs is 6. The van der Waals surface area contributed by atoms with Crippen molar-refractivity contribution in [3.63, 3.8) is 0 Å². The molecule has 0 bridgehead atoms. The fourth-order valence-corrected chi connectivity index (χ4v) is 12.8. The van der Waals surface area contributed by atoms with Gasteiger partial charge in [0.25, 0.3) is 0 Å².